The van der Waals surface area contributed by atoms with Crippen LogP contribution >= 0.6 is 27.5 Å². The average molecular weight is 273 g/mol. The van der Waals surface area contributed by atoms with Crippen LogP contribution in [-0.2, 0) is 6.42 Å². The second kappa shape index (κ2) is 3.88. The van der Waals surface area contributed by atoms with Crippen LogP contribution in [0.4, 0.5) is 13.2 Å². The van der Waals surface area contributed by atoms with Gasteiger partial charge in [0, 0.05) is 9.50 Å². The van der Waals surface area contributed by atoms with Gasteiger partial charge in [-0.25, -0.2) is 0 Å². The predicted octanol–water partition coefficient (Wildman–Crippen LogP) is 4.21. The van der Waals surface area contributed by atoms with Gasteiger partial charge < -0.3 is 0 Å². The van der Waals surface area contributed by atoms with Gasteiger partial charge >= 0.3 is 6.18 Å². The van der Waals surface area contributed by atoms with Crippen molar-refractivity contribution in [2.24, 2.45) is 0 Å². The fourth-order valence-corrected chi connectivity index (χ4v) is 1.87. The van der Waals surface area contributed by atoms with Crippen molar-refractivity contribution in [2.45, 2.75) is 12.6 Å². The van der Waals surface area contributed by atoms with Crippen LogP contribution in [0.5, 0.6) is 0 Å². The standard InChI is InChI=1S/C8H5BrClF3/c9-6-1-5(2-7(10)3-6)4-8(11,12)13/h1-3H,4H2. The average Bonchev–Trinajstić information content (AvgIpc) is 1.78. The Hall–Kier alpha value is -0.220. The number of halogens is 5. The molecule has 1 aromatic carbocycles. The molecule has 0 saturated carbocycles. The maximum Gasteiger partial charge on any atom is 0.393 e. The van der Waals surface area contributed by atoms with Gasteiger partial charge in [-0.15, -0.1) is 0 Å². The smallest absolute Gasteiger partial charge is 0.171 e. The molecule has 0 atom stereocenters. The zero-order chi connectivity index (χ0) is 10.1. The highest BCUT2D eigenvalue weighted by Crippen LogP contribution is 2.25. The lowest BCUT2D eigenvalue weighted by atomic mass is 10.1. The number of benzene rings is 1. The molecule has 0 saturated heterocycles. The van der Waals surface area contributed by atoms with Crippen molar-refractivity contribution >= 4 is 27.5 Å². The predicted molar refractivity (Wildman–Crippen MR) is 48.9 cm³/mol. The molecule has 1 aromatic rings. The maximum absolute atomic E-state index is 11.9. The molecule has 0 spiro atoms. The van der Waals surface area contributed by atoms with E-state index >= 15 is 0 Å². The van der Waals surface area contributed by atoms with E-state index in [0.29, 0.717) is 9.50 Å². The zero-order valence-electron chi connectivity index (χ0n) is 6.33. The molecule has 0 heterocycles. The maximum atomic E-state index is 11.9. The minimum Gasteiger partial charge on any atom is -0.171 e. The van der Waals surface area contributed by atoms with E-state index in [0.717, 1.165) is 0 Å². The van der Waals surface area contributed by atoms with Crippen LogP contribution in [-0.4, -0.2) is 6.18 Å². The van der Waals surface area contributed by atoms with Crippen LogP contribution in [0.15, 0.2) is 22.7 Å². The van der Waals surface area contributed by atoms with Crippen molar-refractivity contribution in [1.29, 1.82) is 0 Å². The van der Waals surface area contributed by atoms with Gasteiger partial charge in [-0.2, -0.15) is 13.2 Å². The summed E-state index contributed by atoms with van der Waals surface area (Å²) in [6.07, 6.45) is -5.14. The summed E-state index contributed by atoms with van der Waals surface area (Å²) in [4.78, 5) is 0. The lowest BCUT2D eigenvalue weighted by molar-refractivity contribution is -0.127. The molecule has 1 rings (SSSR count). The first-order valence-electron chi connectivity index (χ1n) is 3.38. The molecule has 0 radical (unpaired) electrons. The van der Waals surface area contributed by atoms with Crippen molar-refractivity contribution in [3.63, 3.8) is 0 Å². The molecule has 0 fully saturated rings. The number of hydrogen-bond donors (Lipinski definition) is 0. The molecular formula is C8H5BrClF3. The van der Waals surface area contributed by atoms with Crippen LogP contribution < -0.4 is 0 Å². The van der Waals surface area contributed by atoms with Crippen LogP contribution in [0.3, 0.4) is 0 Å². The largest absolute Gasteiger partial charge is 0.393 e. The molecule has 0 bridgehead atoms. The minimum atomic E-state index is -4.19. The lowest BCUT2D eigenvalue weighted by Crippen LogP contribution is -2.11. The number of hydrogen-bond acceptors (Lipinski definition) is 0. The summed E-state index contributed by atoms with van der Waals surface area (Å²) >= 11 is 8.65. The third-order valence-corrected chi connectivity index (χ3v) is 2.00. The van der Waals surface area contributed by atoms with Gasteiger partial charge in [-0.1, -0.05) is 27.5 Å². The highest BCUT2D eigenvalue weighted by Gasteiger charge is 2.27. The highest BCUT2D eigenvalue weighted by molar-refractivity contribution is 9.10. The highest BCUT2D eigenvalue weighted by atomic mass is 79.9. The molecule has 0 aliphatic carbocycles. The summed E-state index contributed by atoms with van der Waals surface area (Å²) < 4.78 is 36.4. The van der Waals surface area contributed by atoms with E-state index in [-0.39, 0.29) is 5.56 Å². The molecule has 0 nitrogen and oxygen atoms in total. The van der Waals surface area contributed by atoms with Crippen molar-refractivity contribution in [1.82, 2.24) is 0 Å². The van der Waals surface area contributed by atoms with Crippen molar-refractivity contribution in [3.05, 3.63) is 33.3 Å². The zero-order valence-corrected chi connectivity index (χ0v) is 8.67. The Morgan fingerprint density at radius 2 is 1.85 bits per heavy atom. The summed E-state index contributed by atoms with van der Waals surface area (Å²) in [7, 11) is 0. The summed E-state index contributed by atoms with van der Waals surface area (Å²) in [5, 5.41) is 0.300. The lowest BCUT2D eigenvalue weighted by Gasteiger charge is -2.06. The molecule has 0 aliphatic heterocycles. The fourth-order valence-electron chi connectivity index (χ4n) is 0.944. The molecule has 0 N–H and O–H groups in total. The molecule has 72 valence electrons. The van der Waals surface area contributed by atoms with Gasteiger partial charge in [-0.3, -0.25) is 0 Å². The van der Waals surface area contributed by atoms with Crippen LogP contribution in [0.2, 0.25) is 5.02 Å². The Morgan fingerprint density at radius 3 is 2.31 bits per heavy atom. The quantitative estimate of drug-likeness (QED) is 0.719. The van der Waals surface area contributed by atoms with E-state index < -0.39 is 12.6 Å². The third kappa shape index (κ3) is 4.00. The molecule has 0 unspecified atom stereocenters. The van der Waals surface area contributed by atoms with Gasteiger partial charge in [-0.05, 0) is 23.8 Å². The van der Waals surface area contributed by atoms with E-state index in [9.17, 15) is 13.2 Å². The summed E-state index contributed by atoms with van der Waals surface area (Å²) in [6.45, 7) is 0. The number of alkyl halides is 3. The van der Waals surface area contributed by atoms with Crippen molar-refractivity contribution < 1.29 is 13.2 Å². The summed E-state index contributed by atoms with van der Waals surface area (Å²) in [5.41, 5.74) is 0.159. The van der Waals surface area contributed by atoms with E-state index in [2.05, 4.69) is 15.9 Å². The number of rotatable bonds is 1. The van der Waals surface area contributed by atoms with Gasteiger partial charge in [0.15, 0.2) is 0 Å². The van der Waals surface area contributed by atoms with E-state index in [1.807, 2.05) is 0 Å². The minimum absolute atomic E-state index is 0.159. The summed E-state index contributed by atoms with van der Waals surface area (Å²) in [5.74, 6) is 0. The molecule has 13 heavy (non-hydrogen) atoms. The molecular weight excluding hydrogens is 268 g/mol. The second-order valence-corrected chi connectivity index (χ2v) is 3.92. The molecule has 5 heteroatoms. The Balaban J connectivity index is 2.90. The van der Waals surface area contributed by atoms with Gasteiger partial charge in [0.1, 0.15) is 0 Å². The Labute approximate surface area is 86.8 Å². The Bertz CT molecular complexity index is 288. The second-order valence-electron chi connectivity index (χ2n) is 2.57. The van der Waals surface area contributed by atoms with Gasteiger partial charge in [0.05, 0.1) is 6.42 Å². The summed E-state index contributed by atoms with van der Waals surface area (Å²) in [6, 6.07) is 4.25. The van der Waals surface area contributed by atoms with Crippen LogP contribution in [0, 0.1) is 0 Å². The van der Waals surface area contributed by atoms with E-state index in [4.69, 9.17) is 11.6 Å². The van der Waals surface area contributed by atoms with E-state index in [1.54, 1.807) is 6.07 Å². The van der Waals surface area contributed by atoms with Crippen molar-refractivity contribution in [3.8, 4) is 0 Å². The Kier molecular flexibility index (Phi) is 3.24. The Morgan fingerprint density at radius 1 is 1.23 bits per heavy atom. The van der Waals surface area contributed by atoms with Crippen LogP contribution in [0.1, 0.15) is 5.56 Å². The molecule has 0 aliphatic rings. The van der Waals surface area contributed by atoms with Crippen LogP contribution in [0.25, 0.3) is 0 Å². The first-order chi connectivity index (χ1) is 5.87. The van der Waals surface area contributed by atoms with Gasteiger partial charge in [0.25, 0.3) is 0 Å². The topological polar surface area (TPSA) is 0 Å². The molecule has 0 amide bonds. The SMILES string of the molecule is FC(F)(F)Cc1cc(Cl)cc(Br)c1. The fraction of sp³-hybridized carbons (Fsp3) is 0.250. The first-order valence-corrected chi connectivity index (χ1v) is 4.56. The first kappa shape index (κ1) is 10.9. The molecule has 0 aromatic heterocycles. The van der Waals surface area contributed by atoms with Gasteiger partial charge in [0.2, 0.25) is 0 Å². The van der Waals surface area contributed by atoms with E-state index in [1.165, 1.54) is 12.1 Å². The monoisotopic (exact) mass is 272 g/mol. The normalized spacial score (nSPS) is 11.8. The third-order valence-electron chi connectivity index (χ3n) is 1.33. The van der Waals surface area contributed by atoms with Crippen molar-refractivity contribution in [2.75, 3.05) is 0 Å².